The van der Waals surface area contributed by atoms with Gasteiger partial charge in [-0.05, 0) is 46.1 Å². The number of hydrogen-bond acceptors (Lipinski definition) is 8. The molecule has 2 heterocycles. The number of amides is 1. The number of aryl methyl sites for hydroxylation is 1. The minimum absolute atomic E-state index is 0.0552. The first kappa shape index (κ1) is 24.1. The highest BCUT2D eigenvalue weighted by atomic mass is 32.1. The van der Waals surface area contributed by atoms with Crippen LogP contribution in [-0.4, -0.2) is 54.0 Å². The van der Waals surface area contributed by atoms with Crippen LogP contribution in [0.1, 0.15) is 50.1 Å². The number of methoxy groups -OCH3 is 2. The molecule has 0 atom stereocenters. The Labute approximate surface area is 189 Å². The van der Waals surface area contributed by atoms with Crippen LogP contribution in [0.2, 0.25) is 0 Å². The number of hydrazone groups is 1. The van der Waals surface area contributed by atoms with Crippen molar-refractivity contribution in [3.8, 4) is 0 Å². The topological polar surface area (TPSA) is 113 Å². The fraction of sp³-hybridized carbons (Fsp3) is 0.619. The van der Waals surface area contributed by atoms with Crippen LogP contribution in [-0.2, 0) is 20.8 Å². The lowest BCUT2D eigenvalue weighted by Gasteiger charge is -2.35. The summed E-state index contributed by atoms with van der Waals surface area (Å²) < 4.78 is 18.6. The number of fused-ring (bicyclic) bond motifs is 1. The summed E-state index contributed by atoms with van der Waals surface area (Å²) in [6.45, 7) is 7.73. The third-order valence-electron chi connectivity index (χ3n) is 5.30. The zero-order valence-corrected chi connectivity index (χ0v) is 20.1. The Bertz CT molecular complexity index is 1130. The Hall–Kier alpha value is -2.50. The van der Waals surface area contributed by atoms with Crippen molar-refractivity contribution in [3.05, 3.63) is 31.3 Å². The zero-order valence-electron chi connectivity index (χ0n) is 19.3. The monoisotopic (exact) mass is 466 g/mol. The number of nitrogens with one attached hydrogen (secondary N) is 1. The zero-order chi connectivity index (χ0) is 23.6. The van der Waals surface area contributed by atoms with Crippen LogP contribution in [0, 0.1) is 6.92 Å². The molecule has 0 saturated heterocycles. The minimum atomic E-state index is -0.676. The standard InChI is InChI=1S/C21H30N4O6S/c1-12-15(11-22-23-19(27)31-21(2,3)4)32-18-16(12)17(26)25(13-9-14(10-13)30-6)20(28)24(18)7-8-29-5/h11,13-14H,7-10H2,1-6H3,(H,23,27)/b22-11+/t13-,14+. The summed E-state index contributed by atoms with van der Waals surface area (Å²) in [6.07, 6.45) is 2.09. The molecular weight excluding hydrogens is 436 g/mol. The normalized spacial score (nSPS) is 18.8. The molecule has 0 radical (unpaired) electrons. The Morgan fingerprint density at radius 2 is 1.97 bits per heavy atom. The molecule has 1 saturated carbocycles. The lowest BCUT2D eigenvalue weighted by Crippen LogP contribution is -2.47. The van der Waals surface area contributed by atoms with E-state index in [1.165, 1.54) is 22.1 Å². The molecule has 1 aliphatic rings. The summed E-state index contributed by atoms with van der Waals surface area (Å²) >= 11 is 1.27. The molecule has 0 spiro atoms. The molecule has 0 aromatic carbocycles. The molecule has 176 valence electrons. The predicted molar refractivity (Wildman–Crippen MR) is 123 cm³/mol. The first-order chi connectivity index (χ1) is 15.1. The molecule has 10 nitrogen and oxygen atoms in total. The van der Waals surface area contributed by atoms with E-state index >= 15 is 0 Å². The van der Waals surface area contributed by atoms with Gasteiger partial charge in [-0.1, -0.05) is 0 Å². The van der Waals surface area contributed by atoms with Gasteiger partial charge < -0.3 is 14.2 Å². The second-order valence-corrected chi connectivity index (χ2v) is 9.76. The van der Waals surface area contributed by atoms with Crippen molar-refractivity contribution in [2.45, 2.75) is 64.8 Å². The third-order valence-corrected chi connectivity index (χ3v) is 6.55. The average Bonchev–Trinajstić information content (AvgIpc) is 2.98. The number of thiophene rings is 1. The van der Waals surface area contributed by atoms with Gasteiger partial charge in [-0.25, -0.2) is 15.0 Å². The smallest absolute Gasteiger partial charge is 0.428 e. The van der Waals surface area contributed by atoms with Gasteiger partial charge in [-0.2, -0.15) is 5.10 Å². The lowest BCUT2D eigenvalue weighted by molar-refractivity contribution is 0.00357. The molecule has 1 fully saturated rings. The number of carbonyl (C=O) groups is 1. The second kappa shape index (κ2) is 9.55. The van der Waals surface area contributed by atoms with Crippen LogP contribution in [0.4, 0.5) is 4.79 Å². The van der Waals surface area contributed by atoms with Crippen molar-refractivity contribution in [1.82, 2.24) is 14.6 Å². The maximum Gasteiger partial charge on any atom is 0.428 e. The van der Waals surface area contributed by atoms with Gasteiger partial charge >= 0.3 is 11.8 Å². The van der Waals surface area contributed by atoms with Crippen LogP contribution in [0.3, 0.4) is 0 Å². The molecule has 2 aromatic rings. The van der Waals surface area contributed by atoms with Gasteiger partial charge in [-0.15, -0.1) is 11.3 Å². The third kappa shape index (κ3) is 4.94. The molecule has 0 bridgehead atoms. The molecule has 2 aromatic heterocycles. The first-order valence-electron chi connectivity index (χ1n) is 10.4. The molecule has 32 heavy (non-hydrogen) atoms. The fourth-order valence-corrected chi connectivity index (χ4v) is 4.78. The number of nitrogens with zero attached hydrogens (tertiary/aromatic N) is 3. The summed E-state index contributed by atoms with van der Waals surface area (Å²) in [4.78, 5) is 39.6. The van der Waals surface area contributed by atoms with Gasteiger partial charge in [0, 0.05) is 20.3 Å². The number of ether oxygens (including phenoxy) is 3. The van der Waals surface area contributed by atoms with Crippen LogP contribution in [0.15, 0.2) is 14.7 Å². The summed E-state index contributed by atoms with van der Waals surface area (Å²) in [5.74, 6) is 0. The Kier molecular flexibility index (Phi) is 7.21. The number of carbonyl (C=O) groups excluding carboxylic acids is 1. The van der Waals surface area contributed by atoms with Crippen LogP contribution >= 0.6 is 11.3 Å². The van der Waals surface area contributed by atoms with Crippen molar-refractivity contribution in [2.24, 2.45) is 5.10 Å². The molecule has 1 amide bonds. The van der Waals surface area contributed by atoms with E-state index in [-0.39, 0.29) is 23.4 Å². The molecule has 1 N–H and O–H groups in total. The van der Waals surface area contributed by atoms with Crippen molar-refractivity contribution >= 4 is 33.9 Å². The number of rotatable bonds is 7. The number of aromatic nitrogens is 2. The van der Waals surface area contributed by atoms with Crippen molar-refractivity contribution in [1.29, 1.82) is 0 Å². The lowest BCUT2D eigenvalue weighted by atomic mass is 9.89. The first-order valence-corrected chi connectivity index (χ1v) is 11.2. The maximum absolute atomic E-state index is 13.3. The highest BCUT2D eigenvalue weighted by molar-refractivity contribution is 7.20. The minimum Gasteiger partial charge on any atom is -0.443 e. The summed E-state index contributed by atoms with van der Waals surface area (Å²) in [7, 11) is 3.19. The van der Waals surface area contributed by atoms with E-state index in [9.17, 15) is 14.4 Å². The Balaban J connectivity index is 2.01. The van der Waals surface area contributed by atoms with E-state index in [2.05, 4.69) is 10.5 Å². The predicted octanol–water partition coefficient (Wildman–Crippen LogP) is 2.39. The summed E-state index contributed by atoms with van der Waals surface area (Å²) in [6, 6.07) is -0.191. The van der Waals surface area contributed by atoms with E-state index in [0.717, 1.165) is 0 Å². The van der Waals surface area contributed by atoms with Gasteiger partial charge in [0.1, 0.15) is 10.4 Å². The van der Waals surface area contributed by atoms with E-state index in [1.807, 2.05) is 6.92 Å². The van der Waals surface area contributed by atoms with Crippen LogP contribution < -0.4 is 16.7 Å². The second-order valence-electron chi connectivity index (χ2n) is 8.73. The van der Waals surface area contributed by atoms with Gasteiger partial charge in [0.25, 0.3) is 5.56 Å². The van der Waals surface area contributed by atoms with Gasteiger partial charge in [-0.3, -0.25) is 13.9 Å². The average molecular weight is 467 g/mol. The van der Waals surface area contributed by atoms with E-state index in [1.54, 1.807) is 39.6 Å². The fourth-order valence-electron chi connectivity index (χ4n) is 3.59. The van der Waals surface area contributed by atoms with Crippen molar-refractivity contribution in [2.75, 3.05) is 20.8 Å². The van der Waals surface area contributed by atoms with Crippen molar-refractivity contribution < 1.29 is 19.0 Å². The molecule has 1 aliphatic carbocycles. The van der Waals surface area contributed by atoms with Gasteiger partial charge in [0.05, 0.1) is 35.7 Å². The molecular formula is C21H30N4O6S. The Morgan fingerprint density at radius 3 is 2.56 bits per heavy atom. The van der Waals surface area contributed by atoms with Gasteiger partial charge in [0.15, 0.2) is 0 Å². The molecule has 0 aliphatic heterocycles. The highest BCUT2D eigenvalue weighted by Crippen LogP contribution is 2.33. The van der Waals surface area contributed by atoms with E-state index in [4.69, 9.17) is 14.2 Å². The van der Waals surface area contributed by atoms with E-state index < -0.39 is 11.7 Å². The summed E-state index contributed by atoms with van der Waals surface area (Å²) in [5.41, 5.74) is 1.72. The van der Waals surface area contributed by atoms with Crippen LogP contribution in [0.5, 0.6) is 0 Å². The van der Waals surface area contributed by atoms with E-state index in [0.29, 0.717) is 46.7 Å². The SMILES string of the molecule is COCCn1c(=O)n([C@H]2C[C@@H](OC)C2)c(=O)c2c(C)c(/C=N/NC(=O)OC(C)(C)C)sc21. The van der Waals surface area contributed by atoms with Gasteiger partial charge in [0.2, 0.25) is 0 Å². The number of hydrogen-bond donors (Lipinski definition) is 1. The highest BCUT2D eigenvalue weighted by Gasteiger charge is 2.34. The van der Waals surface area contributed by atoms with Crippen molar-refractivity contribution in [3.63, 3.8) is 0 Å². The Morgan fingerprint density at radius 1 is 1.28 bits per heavy atom. The summed E-state index contributed by atoms with van der Waals surface area (Å²) in [5, 5.41) is 4.43. The molecule has 0 unspecified atom stereocenters. The maximum atomic E-state index is 13.3. The molecule has 3 rings (SSSR count). The quantitative estimate of drug-likeness (QED) is 0.495. The molecule has 11 heteroatoms. The largest absolute Gasteiger partial charge is 0.443 e. The van der Waals surface area contributed by atoms with Crippen LogP contribution in [0.25, 0.3) is 10.2 Å².